The maximum Gasteiger partial charge on any atom is 0.198 e. The fraction of sp³-hybridized carbons (Fsp3) is 0.769. The molecule has 2 nitrogen and oxygen atoms in total. The molecule has 3 heteroatoms. The lowest BCUT2D eigenvalue weighted by Crippen LogP contribution is -2.49. The van der Waals surface area contributed by atoms with E-state index in [1.165, 1.54) is 5.57 Å². The van der Waals surface area contributed by atoms with Crippen molar-refractivity contribution in [3.05, 3.63) is 11.6 Å². The van der Waals surface area contributed by atoms with Crippen LogP contribution in [0.15, 0.2) is 11.6 Å². The number of hydrogen-bond donors (Lipinski definition) is 0. The van der Waals surface area contributed by atoms with Crippen LogP contribution in [0.3, 0.4) is 0 Å². The van der Waals surface area contributed by atoms with Gasteiger partial charge in [-0.25, -0.2) is 0 Å². The lowest BCUT2D eigenvalue weighted by atomic mass is 10.0. The van der Waals surface area contributed by atoms with Gasteiger partial charge in [-0.05, 0) is 34.7 Å². The molecule has 1 aliphatic carbocycles. The molecule has 2 aliphatic rings. The SMILES string of the molecule is CC(C)[Si]1(C(C)C)CC2CC(=O)C=C2CO1. The maximum atomic E-state index is 11.4. The van der Waals surface area contributed by atoms with E-state index in [9.17, 15) is 4.79 Å². The van der Waals surface area contributed by atoms with Gasteiger partial charge in [0.1, 0.15) is 0 Å². The molecule has 0 amide bonds. The molecule has 0 aromatic carbocycles. The number of allylic oxidation sites excluding steroid dienone is 1. The Bertz CT molecular complexity index is 323. The largest absolute Gasteiger partial charge is 0.412 e. The van der Waals surface area contributed by atoms with Gasteiger partial charge < -0.3 is 4.43 Å². The van der Waals surface area contributed by atoms with Crippen LogP contribution in [0.5, 0.6) is 0 Å². The summed E-state index contributed by atoms with van der Waals surface area (Å²) in [7, 11) is -1.65. The van der Waals surface area contributed by atoms with E-state index in [1.807, 2.05) is 6.08 Å². The van der Waals surface area contributed by atoms with Crippen molar-refractivity contribution in [1.82, 2.24) is 0 Å². The molecule has 1 atom stereocenters. The molecular formula is C13H22O2Si. The highest BCUT2D eigenvalue weighted by Gasteiger charge is 2.48. The molecule has 90 valence electrons. The molecule has 0 N–H and O–H groups in total. The maximum absolute atomic E-state index is 11.4. The normalized spacial score (nSPS) is 28.5. The highest BCUT2D eigenvalue weighted by molar-refractivity contribution is 6.76. The van der Waals surface area contributed by atoms with Gasteiger partial charge in [-0.2, -0.15) is 0 Å². The molecule has 0 spiro atoms. The second kappa shape index (κ2) is 4.11. The van der Waals surface area contributed by atoms with Crippen molar-refractivity contribution in [3.63, 3.8) is 0 Å². The van der Waals surface area contributed by atoms with Crippen molar-refractivity contribution in [3.8, 4) is 0 Å². The van der Waals surface area contributed by atoms with Gasteiger partial charge in [0.2, 0.25) is 0 Å². The number of carbonyl (C=O) groups is 1. The molecule has 0 bridgehead atoms. The molecule has 1 heterocycles. The molecule has 0 aromatic heterocycles. The summed E-state index contributed by atoms with van der Waals surface area (Å²) in [5, 5.41) is 0. The highest BCUT2D eigenvalue weighted by atomic mass is 28.4. The highest BCUT2D eigenvalue weighted by Crippen LogP contribution is 2.46. The molecule has 1 fully saturated rings. The van der Waals surface area contributed by atoms with E-state index < -0.39 is 8.32 Å². The Hall–Kier alpha value is -0.413. The second-order valence-electron chi connectivity index (χ2n) is 5.84. The number of rotatable bonds is 2. The van der Waals surface area contributed by atoms with E-state index in [4.69, 9.17) is 4.43 Å². The minimum atomic E-state index is -1.65. The number of fused-ring (bicyclic) bond motifs is 1. The Kier molecular flexibility index (Phi) is 3.10. The van der Waals surface area contributed by atoms with E-state index in [0.29, 0.717) is 22.8 Å². The van der Waals surface area contributed by atoms with Crippen LogP contribution in [0, 0.1) is 5.92 Å². The van der Waals surface area contributed by atoms with Gasteiger partial charge in [0.05, 0.1) is 6.61 Å². The summed E-state index contributed by atoms with van der Waals surface area (Å²) in [5.74, 6) is 0.818. The number of hydrogen-bond acceptors (Lipinski definition) is 2. The first-order chi connectivity index (χ1) is 7.45. The Morgan fingerprint density at radius 3 is 2.50 bits per heavy atom. The van der Waals surface area contributed by atoms with Crippen LogP contribution in [0.4, 0.5) is 0 Å². The van der Waals surface area contributed by atoms with Crippen LogP contribution >= 0.6 is 0 Å². The standard InChI is InChI=1S/C13H22O2Si/c1-9(2)16(10(3)4)8-12-6-13(14)5-11(12)7-15-16/h5,9-10,12H,6-8H2,1-4H3. The zero-order valence-electron chi connectivity index (χ0n) is 10.7. The summed E-state index contributed by atoms with van der Waals surface area (Å²) in [6, 6.07) is 1.15. The van der Waals surface area contributed by atoms with Crippen molar-refractivity contribution >= 4 is 14.1 Å². The molecule has 0 aromatic rings. The molecule has 1 aliphatic heterocycles. The van der Waals surface area contributed by atoms with Crippen LogP contribution in [0.1, 0.15) is 34.1 Å². The number of carbonyl (C=O) groups excluding carboxylic acids is 1. The first kappa shape index (κ1) is 12.1. The van der Waals surface area contributed by atoms with E-state index >= 15 is 0 Å². The van der Waals surface area contributed by atoms with Gasteiger partial charge in [0.25, 0.3) is 0 Å². The topological polar surface area (TPSA) is 26.3 Å². The van der Waals surface area contributed by atoms with Crippen LogP contribution in [0.25, 0.3) is 0 Å². The van der Waals surface area contributed by atoms with Crippen molar-refractivity contribution in [2.75, 3.05) is 6.61 Å². The van der Waals surface area contributed by atoms with Crippen LogP contribution < -0.4 is 0 Å². The predicted molar refractivity (Wildman–Crippen MR) is 67.9 cm³/mol. The molecular weight excluding hydrogens is 216 g/mol. The zero-order valence-corrected chi connectivity index (χ0v) is 11.7. The van der Waals surface area contributed by atoms with Gasteiger partial charge in [0.15, 0.2) is 14.1 Å². The third kappa shape index (κ3) is 1.80. The summed E-state index contributed by atoms with van der Waals surface area (Å²) in [6.45, 7) is 9.88. The minimum Gasteiger partial charge on any atom is -0.412 e. The molecule has 2 rings (SSSR count). The lowest BCUT2D eigenvalue weighted by Gasteiger charge is -2.44. The summed E-state index contributed by atoms with van der Waals surface area (Å²) < 4.78 is 6.27. The quantitative estimate of drug-likeness (QED) is 0.690. The van der Waals surface area contributed by atoms with E-state index in [0.717, 1.165) is 19.1 Å². The van der Waals surface area contributed by atoms with Crippen molar-refractivity contribution < 1.29 is 9.22 Å². The Labute approximate surface area is 99.2 Å². The van der Waals surface area contributed by atoms with Crippen LogP contribution in [-0.2, 0) is 9.22 Å². The van der Waals surface area contributed by atoms with Crippen molar-refractivity contribution in [2.45, 2.75) is 51.2 Å². The molecule has 1 saturated heterocycles. The number of ketones is 1. The Morgan fingerprint density at radius 1 is 1.31 bits per heavy atom. The van der Waals surface area contributed by atoms with Crippen LogP contribution in [0.2, 0.25) is 17.1 Å². The average Bonchev–Trinajstić information content (AvgIpc) is 2.55. The van der Waals surface area contributed by atoms with Gasteiger partial charge >= 0.3 is 0 Å². The smallest absolute Gasteiger partial charge is 0.198 e. The Morgan fingerprint density at radius 2 is 1.94 bits per heavy atom. The summed E-state index contributed by atoms with van der Waals surface area (Å²) in [4.78, 5) is 11.4. The van der Waals surface area contributed by atoms with E-state index in [2.05, 4.69) is 27.7 Å². The first-order valence-corrected chi connectivity index (χ1v) is 8.60. The van der Waals surface area contributed by atoms with Gasteiger partial charge in [-0.1, -0.05) is 27.7 Å². The minimum absolute atomic E-state index is 0.306. The third-order valence-electron chi connectivity index (χ3n) is 4.35. The van der Waals surface area contributed by atoms with Crippen LogP contribution in [-0.4, -0.2) is 20.7 Å². The van der Waals surface area contributed by atoms with E-state index in [-0.39, 0.29) is 0 Å². The monoisotopic (exact) mass is 238 g/mol. The molecule has 0 radical (unpaired) electrons. The summed E-state index contributed by atoms with van der Waals surface area (Å²) >= 11 is 0. The summed E-state index contributed by atoms with van der Waals surface area (Å²) in [6.07, 6.45) is 2.57. The first-order valence-electron chi connectivity index (χ1n) is 6.33. The fourth-order valence-electron chi connectivity index (χ4n) is 3.25. The zero-order chi connectivity index (χ0) is 11.9. The molecule has 16 heavy (non-hydrogen) atoms. The van der Waals surface area contributed by atoms with Gasteiger partial charge in [0, 0.05) is 6.42 Å². The van der Waals surface area contributed by atoms with E-state index in [1.54, 1.807) is 0 Å². The van der Waals surface area contributed by atoms with Gasteiger partial charge in [-0.3, -0.25) is 4.79 Å². The fourth-order valence-corrected chi connectivity index (χ4v) is 7.93. The van der Waals surface area contributed by atoms with Crippen molar-refractivity contribution in [1.29, 1.82) is 0 Å². The predicted octanol–water partition coefficient (Wildman–Crippen LogP) is 3.30. The van der Waals surface area contributed by atoms with Crippen molar-refractivity contribution in [2.24, 2.45) is 5.92 Å². The lowest BCUT2D eigenvalue weighted by molar-refractivity contribution is -0.114. The third-order valence-corrected chi connectivity index (χ3v) is 10.1. The molecule has 0 saturated carbocycles. The Balaban J connectivity index is 2.21. The van der Waals surface area contributed by atoms with Gasteiger partial charge in [-0.15, -0.1) is 0 Å². The summed E-state index contributed by atoms with van der Waals surface area (Å²) in [5.41, 5.74) is 2.55. The molecule has 1 unspecified atom stereocenters. The second-order valence-corrected chi connectivity index (χ2v) is 10.8. The average molecular weight is 238 g/mol.